The maximum atomic E-state index is 12.6. The molecule has 1 aliphatic heterocycles. The van der Waals surface area contributed by atoms with Gasteiger partial charge < -0.3 is 14.4 Å². The van der Waals surface area contributed by atoms with Crippen LogP contribution in [-0.2, 0) is 6.42 Å². The summed E-state index contributed by atoms with van der Waals surface area (Å²) in [6.45, 7) is 5.32. The molecule has 0 aliphatic carbocycles. The molecule has 3 rings (SSSR count). The van der Waals surface area contributed by atoms with Gasteiger partial charge in [-0.15, -0.1) is 0 Å². The molecule has 0 radical (unpaired) electrons. The Morgan fingerprint density at radius 2 is 1.96 bits per heavy atom. The molecule has 2 heterocycles. The van der Waals surface area contributed by atoms with Gasteiger partial charge >= 0.3 is 0 Å². The number of aliphatic hydroxyl groups is 1. The zero-order valence-corrected chi connectivity index (χ0v) is 14.4. The Balaban J connectivity index is 1.61. The molecule has 4 nitrogen and oxygen atoms in total. The van der Waals surface area contributed by atoms with Crippen molar-refractivity contribution in [1.29, 1.82) is 0 Å². The highest BCUT2D eigenvalue weighted by molar-refractivity contribution is 5.91. The lowest BCUT2D eigenvalue weighted by atomic mass is 9.87. The van der Waals surface area contributed by atoms with Crippen LogP contribution in [0.25, 0.3) is 0 Å². The van der Waals surface area contributed by atoms with Crippen molar-refractivity contribution in [3.8, 4) is 0 Å². The zero-order valence-electron chi connectivity index (χ0n) is 14.4. The van der Waals surface area contributed by atoms with Gasteiger partial charge in [-0.25, -0.2) is 0 Å². The van der Waals surface area contributed by atoms with Crippen molar-refractivity contribution in [1.82, 2.24) is 4.90 Å². The number of aryl methyl sites for hydroxylation is 2. The second-order valence-corrected chi connectivity index (χ2v) is 6.56. The van der Waals surface area contributed by atoms with Crippen molar-refractivity contribution in [2.75, 3.05) is 13.1 Å². The van der Waals surface area contributed by atoms with E-state index in [4.69, 9.17) is 4.42 Å². The Bertz CT molecular complexity index is 684. The predicted octanol–water partition coefficient (Wildman–Crippen LogP) is 3.74. The highest BCUT2D eigenvalue weighted by Gasteiger charge is 2.29. The molecule has 1 aromatic carbocycles. The van der Waals surface area contributed by atoms with Gasteiger partial charge in [-0.3, -0.25) is 4.79 Å². The first-order valence-corrected chi connectivity index (χ1v) is 8.71. The average Bonchev–Trinajstić information content (AvgIpc) is 3.02. The molecule has 4 heteroatoms. The molecule has 1 atom stereocenters. The number of likely N-dealkylation sites (tertiary alicyclic amines) is 1. The largest absolute Gasteiger partial charge is 0.456 e. The molecule has 1 unspecified atom stereocenters. The summed E-state index contributed by atoms with van der Waals surface area (Å²) < 4.78 is 5.68. The van der Waals surface area contributed by atoms with Crippen molar-refractivity contribution in [2.45, 2.75) is 39.2 Å². The number of rotatable bonds is 4. The molecule has 1 aliphatic rings. The fourth-order valence-electron chi connectivity index (χ4n) is 3.47. The molecule has 2 aromatic rings. The van der Waals surface area contributed by atoms with Crippen LogP contribution in [0.4, 0.5) is 0 Å². The SMILES string of the molecule is CCc1oc(C(=O)N2CCC(C(O)c3ccccc3)CC2)cc1C. The zero-order chi connectivity index (χ0) is 17.1. The van der Waals surface area contributed by atoms with Crippen molar-refractivity contribution >= 4 is 5.91 Å². The van der Waals surface area contributed by atoms with Crippen molar-refractivity contribution in [3.05, 3.63) is 59.0 Å². The Morgan fingerprint density at radius 1 is 1.29 bits per heavy atom. The lowest BCUT2D eigenvalue weighted by Crippen LogP contribution is -2.39. The van der Waals surface area contributed by atoms with Gasteiger partial charge in [0.2, 0.25) is 0 Å². The first-order valence-electron chi connectivity index (χ1n) is 8.71. The van der Waals surface area contributed by atoms with Crippen molar-refractivity contribution in [2.24, 2.45) is 5.92 Å². The number of furan rings is 1. The number of amides is 1. The number of hydrogen-bond donors (Lipinski definition) is 1. The van der Waals surface area contributed by atoms with Gasteiger partial charge in [0.15, 0.2) is 5.76 Å². The molecule has 1 fully saturated rings. The van der Waals surface area contributed by atoms with Crippen LogP contribution in [-0.4, -0.2) is 29.0 Å². The van der Waals surface area contributed by atoms with Crippen LogP contribution in [0, 0.1) is 12.8 Å². The standard InChI is InChI=1S/C20H25NO3/c1-3-17-14(2)13-18(24-17)20(23)21-11-9-16(10-12-21)19(22)15-7-5-4-6-8-15/h4-8,13,16,19,22H,3,9-12H2,1-2H3. The topological polar surface area (TPSA) is 53.7 Å². The lowest BCUT2D eigenvalue weighted by molar-refractivity contribution is 0.0441. The minimum absolute atomic E-state index is 0.0366. The second kappa shape index (κ2) is 7.22. The van der Waals surface area contributed by atoms with Crippen LogP contribution < -0.4 is 0 Å². The molecule has 1 saturated heterocycles. The second-order valence-electron chi connectivity index (χ2n) is 6.56. The average molecular weight is 327 g/mol. The summed E-state index contributed by atoms with van der Waals surface area (Å²) in [5.41, 5.74) is 1.99. The Morgan fingerprint density at radius 3 is 2.54 bits per heavy atom. The molecular formula is C20H25NO3. The Hall–Kier alpha value is -2.07. The molecule has 0 bridgehead atoms. The van der Waals surface area contributed by atoms with E-state index in [9.17, 15) is 9.90 Å². The smallest absolute Gasteiger partial charge is 0.289 e. The molecule has 1 amide bonds. The van der Waals surface area contributed by atoms with Gasteiger partial charge in [-0.05, 0) is 42.9 Å². The Labute approximate surface area is 143 Å². The van der Waals surface area contributed by atoms with Gasteiger partial charge in [-0.2, -0.15) is 0 Å². The molecule has 1 N–H and O–H groups in total. The first kappa shape index (κ1) is 16.8. The van der Waals surface area contributed by atoms with Crippen LogP contribution >= 0.6 is 0 Å². The third kappa shape index (κ3) is 3.39. The quantitative estimate of drug-likeness (QED) is 0.931. The van der Waals surface area contributed by atoms with E-state index in [2.05, 4.69) is 0 Å². The Kier molecular flexibility index (Phi) is 5.05. The number of hydrogen-bond acceptors (Lipinski definition) is 3. The molecule has 24 heavy (non-hydrogen) atoms. The minimum Gasteiger partial charge on any atom is -0.456 e. The lowest BCUT2D eigenvalue weighted by Gasteiger charge is -2.34. The van der Waals surface area contributed by atoms with Crippen LogP contribution in [0.5, 0.6) is 0 Å². The van der Waals surface area contributed by atoms with Crippen molar-refractivity contribution < 1.29 is 14.3 Å². The van der Waals surface area contributed by atoms with E-state index >= 15 is 0 Å². The summed E-state index contributed by atoms with van der Waals surface area (Å²) in [5.74, 6) is 1.48. The summed E-state index contributed by atoms with van der Waals surface area (Å²) >= 11 is 0. The van der Waals surface area contributed by atoms with E-state index in [1.165, 1.54) is 0 Å². The molecular weight excluding hydrogens is 302 g/mol. The van der Waals surface area contributed by atoms with E-state index < -0.39 is 6.10 Å². The molecule has 128 valence electrons. The van der Waals surface area contributed by atoms with Crippen LogP contribution in [0.3, 0.4) is 0 Å². The van der Waals surface area contributed by atoms with E-state index in [0.717, 1.165) is 36.1 Å². The predicted molar refractivity (Wildman–Crippen MR) is 92.9 cm³/mol. The highest BCUT2D eigenvalue weighted by Crippen LogP contribution is 2.31. The normalized spacial score (nSPS) is 17.0. The third-order valence-electron chi connectivity index (χ3n) is 4.97. The van der Waals surface area contributed by atoms with Gasteiger partial charge in [0, 0.05) is 19.5 Å². The summed E-state index contributed by atoms with van der Waals surface area (Å²) in [5, 5.41) is 10.5. The van der Waals surface area contributed by atoms with Gasteiger partial charge in [-0.1, -0.05) is 37.3 Å². The number of nitrogens with zero attached hydrogens (tertiary/aromatic N) is 1. The molecule has 0 saturated carbocycles. The maximum Gasteiger partial charge on any atom is 0.289 e. The molecule has 1 aromatic heterocycles. The van der Waals surface area contributed by atoms with E-state index in [0.29, 0.717) is 18.8 Å². The number of benzene rings is 1. The fraction of sp³-hybridized carbons (Fsp3) is 0.450. The summed E-state index contributed by atoms with van der Waals surface area (Å²) in [6, 6.07) is 11.6. The molecule has 0 spiro atoms. The van der Waals surface area contributed by atoms with Crippen LogP contribution in [0.15, 0.2) is 40.8 Å². The monoisotopic (exact) mass is 327 g/mol. The summed E-state index contributed by atoms with van der Waals surface area (Å²) in [7, 11) is 0. The van der Waals surface area contributed by atoms with Gasteiger partial charge in [0.1, 0.15) is 5.76 Å². The van der Waals surface area contributed by atoms with E-state index in [1.807, 2.05) is 55.1 Å². The van der Waals surface area contributed by atoms with Crippen molar-refractivity contribution in [3.63, 3.8) is 0 Å². The fourth-order valence-corrected chi connectivity index (χ4v) is 3.47. The highest BCUT2D eigenvalue weighted by atomic mass is 16.4. The first-order chi connectivity index (χ1) is 11.6. The number of aliphatic hydroxyl groups excluding tert-OH is 1. The number of carbonyl (C=O) groups is 1. The van der Waals surface area contributed by atoms with Crippen LogP contribution in [0.1, 0.15) is 53.3 Å². The summed E-state index contributed by atoms with van der Waals surface area (Å²) in [4.78, 5) is 14.4. The number of carbonyl (C=O) groups excluding carboxylic acids is 1. The van der Waals surface area contributed by atoms with Gasteiger partial charge in [0.05, 0.1) is 6.10 Å². The maximum absolute atomic E-state index is 12.6. The summed E-state index contributed by atoms with van der Waals surface area (Å²) in [6.07, 6.45) is 1.95. The van der Waals surface area contributed by atoms with E-state index in [-0.39, 0.29) is 11.8 Å². The van der Waals surface area contributed by atoms with Gasteiger partial charge in [0.25, 0.3) is 5.91 Å². The van der Waals surface area contributed by atoms with E-state index in [1.54, 1.807) is 0 Å². The third-order valence-corrected chi connectivity index (χ3v) is 4.97. The van der Waals surface area contributed by atoms with Crippen LogP contribution in [0.2, 0.25) is 0 Å². The number of piperidine rings is 1. The minimum atomic E-state index is -0.457.